The Morgan fingerprint density at radius 1 is 1.23 bits per heavy atom. The van der Waals surface area contributed by atoms with E-state index in [0.717, 1.165) is 51.9 Å². The summed E-state index contributed by atoms with van der Waals surface area (Å²) in [5.74, 6) is 0. The van der Waals surface area contributed by atoms with Gasteiger partial charge in [0.05, 0.1) is 6.04 Å². The van der Waals surface area contributed by atoms with Crippen LogP contribution in [0.4, 0.5) is 0 Å². The molecule has 148 valence electrons. The molecule has 1 N–H and O–H groups in total. The van der Waals surface area contributed by atoms with Gasteiger partial charge in [0.2, 0.25) is 0 Å². The molecule has 0 amide bonds. The first-order valence-electron chi connectivity index (χ1n) is 9.66. The summed E-state index contributed by atoms with van der Waals surface area (Å²) in [6, 6.07) is 4.42. The van der Waals surface area contributed by atoms with E-state index in [4.69, 9.17) is 0 Å². The number of hydrogen-bond acceptors (Lipinski definition) is 5. The third kappa shape index (κ3) is 5.05. The molecule has 0 bridgehead atoms. The second-order valence-electron chi connectivity index (χ2n) is 7.53. The third-order valence-electron chi connectivity index (χ3n) is 5.78. The van der Waals surface area contributed by atoms with Crippen molar-refractivity contribution in [2.24, 2.45) is 0 Å². The van der Waals surface area contributed by atoms with Crippen molar-refractivity contribution in [2.75, 3.05) is 46.8 Å². The molecular formula is C18H32N4O2S2. The highest BCUT2D eigenvalue weighted by molar-refractivity contribution is 7.87. The van der Waals surface area contributed by atoms with Crippen molar-refractivity contribution in [3.8, 4) is 0 Å². The lowest BCUT2D eigenvalue weighted by molar-refractivity contribution is 0.114. The van der Waals surface area contributed by atoms with Crippen molar-refractivity contribution in [3.05, 3.63) is 22.4 Å². The van der Waals surface area contributed by atoms with Crippen LogP contribution in [0.25, 0.3) is 0 Å². The fourth-order valence-corrected chi connectivity index (χ4v) is 5.99. The molecule has 2 heterocycles. The van der Waals surface area contributed by atoms with Crippen LogP contribution in [-0.4, -0.2) is 75.4 Å². The van der Waals surface area contributed by atoms with Crippen LogP contribution in [0.5, 0.6) is 0 Å². The number of rotatable bonds is 7. The van der Waals surface area contributed by atoms with Crippen molar-refractivity contribution in [1.29, 1.82) is 0 Å². The summed E-state index contributed by atoms with van der Waals surface area (Å²) in [6.07, 6.45) is 5.43. The molecule has 0 radical (unpaired) electrons. The molecule has 2 aliphatic rings. The van der Waals surface area contributed by atoms with E-state index in [1.54, 1.807) is 22.7 Å². The van der Waals surface area contributed by atoms with E-state index in [1.165, 1.54) is 11.3 Å². The summed E-state index contributed by atoms with van der Waals surface area (Å²) in [4.78, 5) is 5.97. The fourth-order valence-electron chi connectivity index (χ4n) is 3.95. The quantitative estimate of drug-likeness (QED) is 0.762. The van der Waals surface area contributed by atoms with Gasteiger partial charge in [0, 0.05) is 50.7 Å². The van der Waals surface area contributed by atoms with Gasteiger partial charge in [-0.15, -0.1) is 11.3 Å². The van der Waals surface area contributed by atoms with Gasteiger partial charge in [-0.1, -0.05) is 25.3 Å². The first kappa shape index (κ1) is 20.2. The molecule has 3 rings (SSSR count). The van der Waals surface area contributed by atoms with Crippen molar-refractivity contribution in [1.82, 2.24) is 18.8 Å². The molecule has 2 fully saturated rings. The second-order valence-corrected chi connectivity index (χ2v) is 10.3. The van der Waals surface area contributed by atoms with Gasteiger partial charge in [0.25, 0.3) is 10.2 Å². The van der Waals surface area contributed by atoms with Crippen LogP contribution in [0.2, 0.25) is 0 Å². The van der Waals surface area contributed by atoms with Gasteiger partial charge in [-0.25, -0.2) is 4.72 Å². The molecule has 1 atom stereocenters. The molecule has 0 aromatic carbocycles. The average Bonchev–Trinajstić information content (AvgIpc) is 3.18. The van der Waals surface area contributed by atoms with Crippen LogP contribution in [-0.2, 0) is 10.2 Å². The maximum atomic E-state index is 12.8. The van der Waals surface area contributed by atoms with Gasteiger partial charge in [-0.2, -0.15) is 12.7 Å². The molecule has 0 spiro atoms. The monoisotopic (exact) mass is 400 g/mol. The molecule has 1 aliphatic heterocycles. The van der Waals surface area contributed by atoms with E-state index in [0.29, 0.717) is 6.54 Å². The summed E-state index contributed by atoms with van der Waals surface area (Å²) >= 11 is 1.71. The van der Waals surface area contributed by atoms with Crippen molar-refractivity contribution < 1.29 is 8.42 Å². The Hall–Kier alpha value is -0.510. The predicted octanol–water partition coefficient (Wildman–Crippen LogP) is 2.14. The summed E-state index contributed by atoms with van der Waals surface area (Å²) in [6.45, 7) is 4.43. The SMILES string of the molecule is CN1CCN(C(CNS(=O)(=O)N(C)C2CCCCC2)c2cccs2)CC1. The lowest BCUT2D eigenvalue weighted by atomic mass is 9.96. The minimum absolute atomic E-state index is 0.109. The molecule has 1 saturated carbocycles. The van der Waals surface area contributed by atoms with E-state index < -0.39 is 10.2 Å². The lowest BCUT2D eigenvalue weighted by Crippen LogP contribution is -2.50. The predicted molar refractivity (Wildman–Crippen MR) is 108 cm³/mol. The number of likely N-dealkylation sites (N-methyl/N-ethyl adjacent to an activating group) is 1. The highest BCUT2D eigenvalue weighted by Crippen LogP contribution is 2.27. The Balaban J connectivity index is 1.65. The zero-order chi connectivity index (χ0) is 18.6. The smallest absolute Gasteiger partial charge is 0.279 e. The molecule has 1 aliphatic carbocycles. The minimum Gasteiger partial charge on any atom is -0.304 e. The van der Waals surface area contributed by atoms with Gasteiger partial charge < -0.3 is 4.90 Å². The van der Waals surface area contributed by atoms with Crippen molar-refractivity contribution >= 4 is 21.5 Å². The highest BCUT2D eigenvalue weighted by Gasteiger charge is 2.30. The largest absolute Gasteiger partial charge is 0.304 e. The molecule has 8 heteroatoms. The van der Waals surface area contributed by atoms with E-state index in [-0.39, 0.29) is 12.1 Å². The Bertz CT molecular complexity index is 636. The first-order valence-corrected chi connectivity index (χ1v) is 12.0. The molecule has 1 aromatic rings. The fraction of sp³-hybridized carbons (Fsp3) is 0.778. The Morgan fingerprint density at radius 2 is 1.92 bits per heavy atom. The van der Waals surface area contributed by atoms with Gasteiger partial charge in [-0.05, 0) is 31.3 Å². The molecule has 1 saturated heterocycles. The summed E-state index contributed by atoms with van der Waals surface area (Å²) in [5.41, 5.74) is 0. The van der Waals surface area contributed by atoms with Gasteiger partial charge in [0.1, 0.15) is 0 Å². The van der Waals surface area contributed by atoms with Crippen LogP contribution < -0.4 is 4.72 Å². The Morgan fingerprint density at radius 3 is 2.54 bits per heavy atom. The standard InChI is InChI=1S/C18H32N4O2S2/c1-20-10-12-22(13-11-20)17(18-9-6-14-25-18)15-19-26(23,24)21(2)16-7-4-3-5-8-16/h6,9,14,16-17,19H,3-5,7-8,10-13,15H2,1-2H3. The molecular weight excluding hydrogens is 368 g/mol. The van der Waals surface area contributed by atoms with Gasteiger partial charge in [-0.3, -0.25) is 4.90 Å². The number of thiophene rings is 1. The lowest BCUT2D eigenvalue weighted by Gasteiger charge is -2.38. The third-order valence-corrected chi connectivity index (χ3v) is 8.34. The van der Waals surface area contributed by atoms with Crippen molar-refractivity contribution in [2.45, 2.75) is 44.2 Å². The maximum Gasteiger partial charge on any atom is 0.279 e. The number of hydrogen-bond donors (Lipinski definition) is 1. The molecule has 6 nitrogen and oxygen atoms in total. The molecule has 1 aromatic heterocycles. The van der Waals surface area contributed by atoms with Crippen LogP contribution >= 0.6 is 11.3 Å². The Labute approximate surface area is 162 Å². The maximum absolute atomic E-state index is 12.8. The number of nitrogens with one attached hydrogen (secondary N) is 1. The topological polar surface area (TPSA) is 55.9 Å². The second kappa shape index (κ2) is 9.12. The molecule has 1 unspecified atom stereocenters. The van der Waals surface area contributed by atoms with Crippen LogP contribution in [0.3, 0.4) is 0 Å². The summed E-state index contributed by atoms with van der Waals surface area (Å²) in [7, 11) is 0.424. The summed E-state index contributed by atoms with van der Waals surface area (Å²) in [5, 5.41) is 2.07. The first-order chi connectivity index (χ1) is 12.5. The average molecular weight is 401 g/mol. The minimum atomic E-state index is -3.44. The normalized spacial score (nSPS) is 22.7. The summed E-state index contributed by atoms with van der Waals surface area (Å²) < 4.78 is 30.1. The van der Waals surface area contributed by atoms with Crippen LogP contribution in [0, 0.1) is 0 Å². The van der Waals surface area contributed by atoms with Gasteiger partial charge >= 0.3 is 0 Å². The molecule has 26 heavy (non-hydrogen) atoms. The highest BCUT2D eigenvalue weighted by atomic mass is 32.2. The van der Waals surface area contributed by atoms with E-state index in [2.05, 4.69) is 33.0 Å². The zero-order valence-electron chi connectivity index (χ0n) is 15.9. The van der Waals surface area contributed by atoms with E-state index in [9.17, 15) is 8.42 Å². The van der Waals surface area contributed by atoms with Crippen molar-refractivity contribution in [3.63, 3.8) is 0 Å². The van der Waals surface area contributed by atoms with Gasteiger partial charge in [0.15, 0.2) is 0 Å². The Kier molecular flexibility index (Phi) is 7.10. The van der Waals surface area contributed by atoms with E-state index >= 15 is 0 Å². The van der Waals surface area contributed by atoms with E-state index in [1.807, 2.05) is 6.07 Å². The van der Waals surface area contributed by atoms with Crippen LogP contribution in [0.15, 0.2) is 17.5 Å². The zero-order valence-corrected chi connectivity index (χ0v) is 17.6. The number of nitrogens with zero attached hydrogens (tertiary/aromatic N) is 3. The number of piperazine rings is 1. The van der Waals surface area contributed by atoms with Crippen LogP contribution in [0.1, 0.15) is 43.0 Å².